The smallest absolute Gasteiger partial charge is 0.322 e. The number of aliphatic hydroxyl groups is 1. The van der Waals surface area contributed by atoms with Crippen molar-refractivity contribution in [1.82, 2.24) is 10.2 Å². The van der Waals surface area contributed by atoms with Crippen molar-refractivity contribution in [3.63, 3.8) is 0 Å². The molecule has 1 aromatic rings. The van der Waals surface area contributed by atoms with Gasteiger partial charge in [0.1, 0.15) is 6.10 Å². The minimum atomic E-state index is -0.795. The van der Waals surface area contributed by atoms with Gasteiger partial charge in [0, 0.05) is 18.3 Å². The van der Waals surface area contributed by atoms with E-state index in [1.165, 1.54) is 0 Å². The largest absolute Gasteiger partial charge is 0.454 e. The summed E-state index contributed by atoms with van der Waals surface area (Å²) in [6.45, 7) is 3.30. The van der Waals surface area contributed by atoms with Crippen molar-refractivity contribution < 1.29 is 33.6 Å². The minimum Gasteiger partial charge on any atom is -0.454 e. The first-order chi connectivity index (χ1) is 15.5. The predicted molar refractivity (Wildman–Crippen MR) is 115 cm³/mol. The van der Waals surface area contributed by atoms with Crippen molar-refractivity contribution in [2.24, 2.45) is 0 Å². The average molecular weight is 450 g/mol. The molecule has 0 aliphatic carbocycles. The number of carbonyl (C=O) groups is 2. The Hall–Kier alpha value is -2.56. The Labute approximate surface area is 187 Å². The lowest BCUT2D eigenvalue weighted by Gasteiger charge is -2.44. The lowest BCUT2D eigenvalue weighted by atomic mass is 9.95. The van der Waals surface area contributed by atoms with Gasteiger partial charge in [-0.25, -0.2) is 4.79 Å². The molecule has 3 N–H and O–H groups in total. The summed E-state index contributed by atoms with van der Waals surface area (Å²) >= 11 is 0. The van der Waals surface area contributed by atoms with E-state index in [1.807, 2.05) is 6.92 Å². The number of ether oxygens (including phenoxy) is 4. The zero-order valence-electron chi connectivity index (χ0n) is 18.2. The van der Waals surface area contributed by atoms with E-state index in [-0.39, 0.29) is 63.2 Å². The van der Waals surface area contributed by atoms with Gasteiger partial charge in [-0.2, -0.15) is 0 Å². The first kappa shape index (κ1) is 22.6. The molecule has 0 aromatic heterocycles. The first-order valence-electron chi connectivity index (χ1n) is 11.2. The van der Waals surface area contributed by atoms with Crippen molar-refractivity contribution in [1.29, 1.82) is 0 Å². The summed E-state index contributed by atoms with van der Waals surface area (Å²) in [5, 5.41) is 16.1. The second-order valence-electron chi connectivity index (χ2n) is 8.34. The molecule has 3 heterocycles. The molecule has 2 fully saturated rings. The molecule has 3 aliphatic rings. The van der Waals surface area contributed by atoms with E-state index < -0.39 is 6.10 Å². The van der Waals surface area contributed by atoms with Gasteiger partial charge in [-0.1, -0.05) is 6.92 Å². The molecule has 0 unspecified atom stereocenters. The van der Waals surface area contributed by atoms with Crippen LogP contribution in [0.25, 0.3) is 0 Å². The van der Waals surface area contributed by atoms with Gasteiger partial charge in [0.05, 0.1) is 44.4 Å². The Balaban J connectivity index is 1.42. The van der Waals surface area contributed by atoms with Crippen LogP contribution in [0, 0.1) is 0 Å². The Morgan fingerprint density at radius 2 is 2.03 bits per heavy atom. The van der Waals surface area contributed by atoms with Crippen LogP contribution in [-0.4, -0.2) is 79.4 Å². The van der Waals surface area contributed by atoms with Gasteiger partial charge in [0.2, 0.25) is 12.7 Å². The third-order valence-electron chi connectivity index (χ3n) is 5.85. The highest BCUT2D eigenvalue weighted by Gasteiger charge is 2.40. The highest BCUT2D eigenvalue weighted by molar-refractivity contribution is 5.90. The number of anilines is 1. The molecular formula is C22H31N3O7. The van der Waals surface area contributed by atoms with Crippen LogP contribution in [-0.2, 0) is 14.3 Å². The Morgan fingerprint density at radius 3 is 2.88 bits per heavy atom. The van der Waals surface area contributed by atoms with Crippen LogP contribution in [0.4, 0.5) is 10.5 Å². The van der Waals surface area contributed by atoms with Crippen LogP contribution < -0.4 is 20.1 Å². The van der Waals surface area contributed by atoms with Crippen LogP contribution in [0.15, 0.2) is 18.2 Å². The molecular weight excluding hydrogens is 418 g/mol. The number of amides is 3. The SMILES string of the molecule is CCCNC(=O)C[C@@H]1CC[C@H]2[C@@H](COC[C@H](O)CN2C(=O)Nc2ccc3c(c2)OCO3)O1. The molecule has 10 heteroatoms. The molecule has 4 atom stereocenters. The van der Waals surface area contributed by atoms with Crippen molar-refractivity contribution in [2.75, 3.05) is 38.4 Å². The molecule has 0 radical (unpaired) electrons. The quantitative estimate of drug-likeness (QED) is 0.623. The molecule has 0 spiro atoms. The number of nitrogens with zero attached hydrogens (tertiary/aromatic N) is 1. The highest BCUT2D eigenvalue weighted by atomic mass is 16.7. The van der Waals surface area contributed by atoms with Crippen molar-refractivity contribution in [3.05, 3.63) is 18.2 Å². The fourth-order valence-corrected chi connectivity index (χ4v) is 4.29. The number of hydrogen-bond acceptors (Lipinski definition) is 7. The lowest BCUT2D eigenvalue weighted by Crippen LogP contribution is -2.58. The van der Waals surface area contributed by atoms with Gasteiger partial charge in [0.15, 0.2) is 11.5 Å². The van der Waals surface area contributed by atoms with E-state index in [2.05, 4.69) is 10.6 Å². The number of aliphatic hydroxyl groups excluding tert-OH is 1. The highest BCUT2D eigenvalue weighted by Crippen LogP contribution is 2.34. The van der Waals surface area contributed by atoms with Crippen LogP contribution >= 0.6 is 0 Å². The molecule has 10 nitrogen and oxygen atoms in total. The first-order valence-corrected chi connectivity index (χ1v) is 11.2. The minimum absolute atomic E-state index is 0.0325. The predicted octanol–water partition coefficient (Wildman–Crippen LogP) is 1.47. The van der Waals surface area contributed by atoms with Gasteiger partial charge in [0.25, 0.3) is 0 Å². The molecule has 32 heavy (non-hydrogen) atoms. The number of rotatable bonds is 5. The van der Waals surface area contributed by atoms with E-state index in [4.69, 9.17) is 18.9 Å². The van der Waals surface area contributed by atoms with Crippen LogP contribution in [0.1, 0.15) is 32.6 Å². The van der Waals surface area contributed by atoms with Crippen LogP contribution in [0.5, 0.6) is 11.5 Å². The molecule has 3 amide bonds. The van der Waals surface area contributed by atoms with E-state index in [0.717, 1.165) is 6.42 Å². The third-order valence-corrected chi connectivity index (χ3v) is 5.85. The number of carbonyl (C=O) groups excluding carboxylic acids is 2. The maximum Gasteiger partial charge on any atom is 0.322 e. The fourth-order valence-electron chi connectivity index (χ4n) is 4.29. The summed E-state index contributed by atoms with van der Waals surface area (Å²) in [5.74, 6) is 1.18. The van der Waals surface area contributed by atoms with Crippen LogP contribution in [0.2, 0.25) is 0 Å². The number of β-amino-alcohol motifs (C(OH)–C–C–N with tert-alkyl or cyclic N) is 1. The van der Waals surface area contributed by atoms with E-state index >= 15 is 0 Å². The number of fused-ring (bicyclic) bond motifs is 2. The zero-order valence-corrected chi connectivity index (χ0v) is 18.2. The van der Waals surface area contributed by atoms with E-state index in [1.54, 1.807) is 23.1 Å². The fraction of sp³-hybridized carbons (Fsp3) is 0.636. The Bertz CT molecular complexity index is 821. The molecule has 1 aromatic carbocycles. The summed E-state index contributed by atoms with van der Waals surface area (Å²) in [6, 6.07) is 4.60. The molecule has 0 saturated carbocycles. The van der Waals surface area contributed by atoms with Gasteiger partial charge in [-0.15, -0.1) is 0 Å². The van der Waals surface area contributed by atoms with Gasteiger partial charge in [-0.05, 0) is 31.4 Å². The van der Waals surface area contributed by atoms with E-state index in [0.29, 0.717) is 36.6 Å². The monoisotopic (exact) mass is 449 g/mol. The van der Waals surface area contributed by atoms with Gasteiger partial charge < -0.3 is 39.6 Å². The Kier molecular flexibility index (Phi) is 7.33. The summed E-state index contributed by atoms with van der Waals surface area (Å²) in [4.78, 5) is 26.9. The summed E-state index contributed by atoms with van der Waals surface area (Å²) in [7, 11) is 0. The van der Waals surface area contributed by atoms with Crippen molar-refractivity contribution in [2.45, 2.75) is 57.0 Å². The number of nitrogens with one attached hydrogen (secondary N) is 2. The standard InChI is InChI=1S/C22H31N3O7/c1-2-7-23-21(27)9-16-4-5-17-20(32-16)12-29-11-15(26)10-25(17)22(28)24-14-3-6-18-19(8-14)31-13-30-18/h3,6,8,15-17,20,26H,2,4-5,7,9-13H2,1H3,(H,23,27)(H,24,28)/t15-,16+,17+,20-/m1/s1. The normalized spacial score (nSPS) is 27.1. The second-order valence-corrected chi connectivity index (χ2v) is 8.34. The second kappa shape index (κ2) is 10.4. The molecule has 176 valence electrons. The number of benzene rings is 1. The Morgan fingerprint density at radius 1 is 1.19 bits per heavy atom. The topological polar surface area (TPSA) is 119 Å². The molecule has 2 saturated heterocycles. The average Bonchev–Trinajstić information content (AvgIpc) is 3.23. The molecule has 0 bridgehead atoms. The maximum atomic E-state index is 13.2. The third kappa shape index (κ3) is 5.43. The number of urea groups is 1. The summed E-state index contributed by atoms with van der Waals surface area (Å²) < 4.78 is 22.5. The summed E-state index contributed by atoms with van der Waals surface area (Å²) in [5.41, 5.74) is 0.575. The summed E-state index contributed by atoms with van der Waals surface area (Å²) in [6.07, 6.45) is 1.07. The van der Waals surface area contributed by atoms with Crippen molar-refractivity contribution >= 4 is 17.6 Å². The van der Waals surface area contributed by atoms with Gasteiger partial charge >= 0.3 is 6.03 Å². The maximum absolute atomic E-state index is 13.2. The van der Waals surface area contributed by atoms with Crippen LogP contribution in [0.3, 0.4) is 0 Å². The van der Waals surface area contributed by atoms with Crippen molar-refractivity contribution in [3.8, 4) is 11.5 Å². The molecule has 3 aliphatic heterocycles. The zero-order chi connectivity index (χ0) is 22.5. The van der Waals surface area contributed by atoms with Gasteiger partial charge in [-0.3, -0.25) is 4.79 Å². The lowest BCUT2D eigenvalue weighted by molar-refractivity contribution is -0.149. The van der Waals surface area contributed by atoms with E-state index in [9.17, 15) is 14.7 Å². The number of hydrogen-bond donors (Lipinski definition) is 3. The molecule has 4 rings (SSSR count).